The third kappa shape index (κ3) is 3.47. The minimum atomic E-state index is -0.468. The second-order valence-corrected chi connectivity index (χ2v) is 6.44. The molecule has 1 unspecified atom stereocenters. The van der Waals surface area contributed by atoms with E-state index in [0.29, 0.717) is 18.9 Å². The van der Waals surface area contributed by atoms with Crippen LogP contribution in [0.3, 0.4) is 0 Å². The van der Waals surface area contributed by atoms with Crippen molar-refractivity contribution in [2.75, 3.05) is 13.1 Å². The molecule has 1 saturated carbocycles. The fourth-order valence-corrected chi connectivity index (χ4v) is 2.40. The van der Waals surface area contributed by atoms with Crippen molar-refractivity contribution >= 4 is 11.9 Å². The van der Waals surface area contributed by atoms with Crippen LogP contribution in [0, 0.1) is 11.8 Å². The predicted molar refractivity (Wildman–Crippen MR) is 68.3 cm³/mol. The van der Waals surface area contributed by atoms with E-state index < -0.39 is 5.60 Å². The first-order valence-electron chi connectivity index (χ1n) is 6.88. The summed E-state index contributed by atoms with van der Waals surface area (Å²) in [4.78, 5) is 25.7. The molecule has 1 saturated heterocycles. The molecular formula is C14H23NO3. The van der Waals surface area contributed by atoms with Crippen LogP contribution in [0.25, 0.3) is 0 Å². The summed E-state index contributed by atoms with van der Waals surface area (Å²) in [6, 6.07) is 0. The quantitative estimate of drug-likeness (QED) is 0.760. The number of ketones is 1. The molecule has 4 nitrogen and oxygen atoms in total. The van der Waals surface area contributed by atoms with Crippen LogP contribution in [0.5, 0.6) is 0 Å². The number of likely N-dealkylation sites (tertiary alicyclic amines) is 1. The number of piperidine rings is 1. The Kier molecular flexibility index (Phi) is 3.64. The number of amides is 1. The monoisotopic (exact) mass is 253 g/mol. The van der Waals surface area contributed by atoms with Crippen molar-refractivity contribution in [3.63, 3.8) is 0 Å². The molecule has 4 heteroatoms. The van der Waals surface area contributed by atoms with Gasteiger partial charge in [0.2, 0.25) is 0 Å². The summed E-state index contributed by atoms with van der Waals surface area (Å²) < 4.78 is 5.36. The molecule has 0 spiro atoms. The van der Waals surface area contributed by atoms with Crippen molar-refractivity contribution in [3.8, 4) is 0 Å². The van der Waals surface area contributed by atoms with Gasteiger partial charge in [-0.05, 0) is 46.5 Å². The number of ether oxygens (including phenoxy) is 1. The lowest BCUT2D eigenvalue weighted by Gasteiger charge is -2.33. The first-order chi connectivity index (χ1) is 8.37. The van der Waals surface area contributed by atoms with Gasteiger partial charge < -0.3 is 9.64 Å². The van der Waals surface area contributed by atoms with Crippen molar-refractivity contribution in [1.29, 1.82) is 0 Å². The van der Waals surface area contributed by atoms with Crippen molar-refractivity contribution in [3.05, 3.63) is 0 Å². The zero-order valence-corrected chi connectivity index (χ0v) is 11.6. The Morgan fingerprint density at radius 2 is 1.78 bits per heavy atom. The van der Waals surface area contributed by atoms with Gasteiger partial charge in [0.25, 0.3) is 0 Å². The second kappa shape index (κ2) is 4.90. The van der Waals surface area contributed by atoms with E-state index in [2.05, 4.69) is 0 Å². The van der Waals surface area contributed by atoms with Gasteiger partial charge >= 0.3 is 6.09 Å². The molecule has 1 aliphatic heterocycles. The van der Waals surface area contributed by atoms with Crippen LogP contribution in [0.4, 0.5) is 4.79 Å². The van der Waals surface area contributed by atoms with Crippen LogP contribution in [0.15, 0.2) is 0 Å². The molecule has 1 aliphatic carbocycles. The topological polar surface area (TPSA) is 46.6 Å². The summed E-state index contributed by atoms with van der Waals surface area (Å²) in [6.45, 7) is 6.85. The first-order valence-corrected chi connectivity index (χ1v) is 6.88. The summed E-state index contributed by atoms with van der Waals surface area (Å²) in [5.41, 5.74) is -0.468. The maximum Gasteiger partial charge on any atom is 0.410 e. The third-order valence-electron chi connectivity index (χ3n) is 3.46. The van der Waals surface area contributed by atoms with Gasteiger partial charge in [0.15, 0.2) is 0 Å². The van der Waals surface area contributed by atoms with E-state index in [-0.39, 0.29) is 17.9 Å². The average Bonchev–Trinajstić information content (AvgIpc) is 3.10. The summed E-state index contributed by atoms with van der Waals surface area (Å²) in [6.07, 6.45) is 3.64. The lowest BCUT2D eigenvalue weighted by molar-refractivity contribution is -0.125. The smallest absolute Gasteiger partial charge is 0.410 e. The van der Waals surface area contributed by atoms with Gasteiger partial charge in [0, 0.05) is 24.9 Å². The Hall–Kier alpha value is -1.06. The zero-order valence-electron chi connectivity index (χ0n) is 11.6. The van der Waals surface area contributed by atoms with Gasteiger partial charge in [-0.25, -0.2) is 4.79 Å². The minimum absolute atomic E-state index is 0.0405. The van der Waals surface area contributed by atoms with Gasteiger partial charge in [-0.1, -0.05) is 0 Å². The molecule has 2 aliphatic rings. The predicted octanol–water partition coefficient (Wildman–Crippen LogP) is 2.61. The van der Waals surface area contributed by atoms with E-state index in [0.717, 1.165) is 25.7 Å². The van der Waals surface area contributed by atoms with E-state index in [4.69, 9.17) is 4.74 Å². The van der Waals surface area contributed by atoms with Crippen LogP contribution in [0.1, 0.15) is 46.5 Å². The van der Waals surface area contributed by atoms with E-state index in [1.807, 2.05) is 20.8 Å². The highest BCUT2D eigenvalue weighted by Crippen LogP contribution is 2.35. The van der Waals surface area contributed by atoms with E-state index >= 15 is 0 Å². The molecule has 102 valence electrons. The van der Waals surface area contributed by atoms with Gasteiger partial charge in [0.05, 0.1) is 0 Å². The summed E-state index contributed by atoms with van der Waals surface area (Å²) in [5, 5.41) is 0. The summed E-state index contributed by atoms with van der Waals surface area (Å²) in [7, 11) is 0. The zero-order chi connectivity index (χ0) is 13.3. The molecule has 0 radical (unpaired) electrons. The average molecular weight is 253 g/mol. The van der Waals surface area contributed by atoms with Gasteiger partial charge in [-0.15, -0.1) is 0 Å². The largest absolute Gasteiger partial charge is 0.444 e. The Morgan fingerprint density at radius 3 is 2.33 bits per heavy atom. The summed E-state index contributed by atoms with van der Waals surface area (Å²) >= 11 is 0. The Balaban J connectivity index is 1.89. The van der Waals surface area contributed by atoms with Crippen molar-refractivity contribution in [2.24, 2.45) is 11.8 Å². The fraction of sp³-hybridized carbons (Fsp3) is 0.857. The van der Waals surface area contributed by atoms with E-state index in [9.17, 15) is 9.59 Å². The highest BCUT2D eigenvalue weighted by Gasteiger charge is 2.38. The lowest BCUT2D eigenvalue weighted by Crippen LogP contribution is -2.44. The number of carbonyl (C=O) groups excluding carboxylic acids is 2. The minimum Gasteiger partial charge on any atom is -0.444 e. The number of nitrogens with zero attached hydrogens (tertiary/aromatic N) is 1. The molecule has 1 atom stereocenters. The van der Waals surface area contributed by atoms with Crippen molar-refractivity contribution in [2.45, 2.75) is 52.1 Å². The van der Waals surface area contributed by atoms with E-state index in [1.54, 1.807) is 4.90 Å². The van der Waals surface area contributed by atoms with Crippen LogP contribution < -0.4 is 0 Å². The Labute approximate surface area is 109 Å². The molecule has 18 heavy (non-hydrogen) atoms. The van der Waals surface area contributed by atoms with Crippen LogP contribution >= 0.6 is 0 Å². The standard InChI is InChI=1S/C14H23NO3/c1-14(2,3)18-13(17)15-8-4-5-11(9-15)12(16)10-6-7-10/h10-11H,4-9H2,1-3H3. The number of carbonyl (C=O) groups is 2. The number of hydrogen-bond donors (Lipinski definition) is 0. The summed E-state index contributed by atoms with van der Waals surface area (Å²) in [5.74, 6) is 0.690. The molecule has 2 fully saturated rings. The Morgan fingerprint density at radius 1 is 1.11 bits per heavy atom. The number of hydrogen-bond acceptors (Lipinski definition) is 3. The fourth-order valence-electron chi connectivity index (χ4n) is 2.40. The molecule has 1 heterocycles. The van der Waals surface area contributed by atoms with Crippen LogP contribution in [0.2, 0.25) is 0 Å². The van der Waals surface area contributed by atoms with Crippen LogP contribution in [-0.2, 0) is 9.53 Å². The van der Waals surface area contributed by atoms with Gasteiger partial charge in [-0.2, -0.15) is 0 Å². The maximum absolute atomic E-state index is 12.0. The van der Waals surface area contributed by atoms with Gasteiger partial charge in [0.1, 0.15) is 11.4 Å². The molecule has 0 N–H and O–H groups in total. The molecule has 1 amide bonds. The molecule has 0 bridgehead atoms. The van der Waals surface area contributed by atoms with Crippen molar-refractivity contribution < 1.29 is 14.3 Å². The number of Topliss-reactive ketones (excluding diaryl/α,β-unsaturated/α-hetero) is 1. The number of rotatable bonds is 2. The molecular weight excluding hydrogens is 230 g/mol. The molecule has 2 rings (SSSR count). The van der Waals surface area contributed by atoms with Crippen LogP contribution in [-0.4, -0.2) is 35.5 Å². The third-order valence-corrected chi connectivity index (χ3v) is 3.46. The normalized spacial score (nSPS) is 24.8. The van der Waals surface area contributed by atoms with Crippen molar-refractivity contribution in [1.82, 2.24) is 4.90 Å². The first kappa shape index (κ1) is 13.4. The molecule has 0 aromatic rings. The highest BCUT2D eigenvalue weighted by molar-refractivity contribution is 5.86. The lowest BCUT2D eigenvalue weighted by atomic mass is 9.91. The van der Waals surface area contributed by atoms with E-state index in [1.165, 1.54) is 0 Å². The second-order valence-electron chi connectivity index (χ2n) is 6.44. The van der Waals surface area contributed by atoms with Gasteiger partial charge in [-0.3, -0.25) is 4.79 Å². The Bertz CT molecular complexity index is 341. The highest BCUT2D eigenvalue weighted by atomic mass is 16.6. The SMILES string of the molecule is CC(C)(C)OC(=O)N1CCCC(C(=O)C2CC2)C1. The molecule has 0 aromatic heterocycles. The maximum atomic E-state index is 12.0. The molecule has 0 aromatic carbocycles.